The number of halogens is 2. The van der Waals surface area contributed by atoms with Crippen LogP contribution in [-0.4, -0.2) is 36.1 Å². The Morgan fingerprint density at radius 2 is 1.81 bits per heavy atom. The minimum atomic E-state index is -0.465. The molecule has 26 heavy (non-hydrogen) atoms. The van der Waals surface area contributed by atoms with Gasteiger partial charge in [0.05, 0.1) is 24.8 Å². The number of aromatic amines is 2. The van der Waals surface area contributed by atoms with E-state index in [1.54, 1.807) is 12.1 Å². The number of nitrogens with one attached hydrogen (secondary N) is 2. The molecule has 2 aromatic heterocycles. The molecule has 0 saturated heterocycles. The normalized spacial score (nSPS) is 11.1. The summed E-state index contributed by atoms with van der Waals surface area (Å²) in [5.41, 5.74) is 2.08. The molecule has 0 atom stereocenters. The molecule has 2 heterocycles. The molecule has 0 aliphatic heterocycles. The van der Waals surface area contributed by atoms with Crippen molar-refractivity contribution in [3.63, 3.8) is 0 Å². The predicted molar refractivity (Wildman–Crippen MR) is 96.0 cm³/mol. The first kappa shape index (κ1) is 18.6. The highest BCUT2D eigenvalue weighted by Crippen LogP contribution is 2.41. The minimum absolute atomic E-state index is 0.0577. The first-order valence-corrected chi connectivity index (χ1v) is 8.36. The SMILES string of the molecule is O=C(c1ncc[nH]1)c1[nH]c(Cl)c(-c2ccc(CO)c(CO)c2CO)c1Cl. The molecule has 3 rings (SSSR count). The van der Waals surface area contributed by atoms with Crippen LogP contribution < -0.4 is 0 Å². The molecule has 0 radical (unpaired) electrons. The number of H-pyrrole nitrogens is 2. The Hall–Kier alpha value is -2.16. The fraction of sp³-hybridized carbons (Fsp3) is 0.176. The molecule has 0 unspecified atom stereocenters. The summed E-state index contributed by atoms with van der Waals surface area (Å²) >= 11 is 12.7. The Morgan fingerprint density at radius 3 is 2.38 bits per heavy atom. The van der Waals surface area contributed by atoms with Crippen LogP contribution in [0.3, 0.4) is 0 Å². The number of rotatable bonds is 6. The molecule has 0 aliphatic carbocycles. The average Bonchev–Trinajstić information content (AvgIpc) is 3.28. The topological polar surface area (TPSA) is 122 Å². The number of nitrogens with zero attached hydrogens (tertiary/aromatic N) is 1. The van der Waals surface area contributed by atoms with Gasteiger partial charge in [-0.25, -0.2) is 4.98 Å². The zero-order valence-corrected chi connectivity index (χ0v) is 14.9. The van der Waals surface area contributed by atoms with Gasteiger partial charge in [-0.2, -0.15) is 0 Å². The van der Waals surface area contributed by atoms with Crippen LogP contribution in [-0.2, 0) is 19.8 Å². The lowest BCUT2D eigenvalue weighted by Crippen LogP contribution is -2.05. The zero-order chi connectivity index (χ0) is 18.8. The minimum Gasteiger partial charge on any atom is -0.392 e. The zero-order valence-electron chi connectivity index (χ0n) is 13.4. The van der Waals surface area contributed by atoms with E-state index in [0.29, 0.717) is 27.8 Å². The van der Waals surface area contributed by atoms with Gasteiger partial charge in [0, 0.05) is 18.0 Å². The van der Waals surface area contributed by atoms with Gasteiger partial charge in [-0.3, -0.25) is 4.79 Å². The largest absolute Gasteiger partial charge is 0.392 e. The maximum absolute atomic E-state index is 12.5. The molecular weight excluding hydrogens is 381 g/mol. The second-order valence-corrected chi connectivity index (χ2v) is 6.23. The highest BCUT2D eigenvalue weighted by molar-refractivity contribution is 6.42. The fourth-order valence-electron chi connectivity index (χ4n) is 2.85. The number of hydrogen-bond acceptors (Lipinski definition) is 5. The van der Waals surface area contributed by atoms with Crippen LogP contribution in [0.2, 0.25) is 10.2 Å². The van der Waals surface area contributed by atoms with E-state index in [4.69, 9.17) is 23.2 Å². The van der Waals surface area contributed by atoms with Crippen LogP contribution in [0, 0.1) is 0 Å². The van der Waals surface area contributed by atoms with E-state index < -0.39 is 12.4 Å². The van der Waals surface area contributed by atoms with Gasteiger partial charge in [0.15, 0.2) is 5.82 Å². The number of aromatic nitrogens is 3. The standard InChI is InChI=1S/C17H15Cl2N3O4/c18-13-12(9-2-1-8(5-23)10(6-24)11(9)7-25)16(19)22-14(13)15(26)17-20-3-4-21-17/h1-4,22-25H,5-7H2,(H,20,21). The Balaban J connectivity index is 2.18. The van der Waals surface area contributed by atoms with Gasteiger partial charge in [-0.1, -0.05) is 35.3 Å². The van der Waals surface area contributed by atoms with Gasteiger partial charge >= 0.3 is 0 Å². The number of imidazole rings is 1. The van der Waals surface area contributed by atoms with Crippen LogP contribution in [0.1, 0.15) is 33.0 Å². The monoisotopic (exact) mass is 395 g/mol. The molecule has 0 aliphatic rings. The summed E-state index contributed by atoms with van der Waals surface area (Å²) < 4.78 is 0. The number of benzene rings is 1. The maximum Gasteiger partial charge on any atom is 0.245 e. The summed E-state index contributed by atoms with van der Waals surface area (Å²) in [6.07, 6.45) is 2.95. The molecular formula is C17H15Cl2N3O4. The second kappa shape index (κ2) is 7.61. The Morgan fingerprint density at radius 1 is 1.08 bits per heavy atom. The summed E-state index contributed by atoms with van der Waals surface area (Å²) in [5, 5.41) is 29.0. The van der Waals surface area contributed by atoms with Crippen LogP contribution in [0.25, 0.3) is 11.1 Å². The molecule has 0 saturated carbocycles. The lowest BCUT2D eigenvalue weighted by molar-refractivity contribution is 0.102. The van der Waals surface area contributed by atoms with Crippen molar-refractivity contribution in [1.82, 2.24) is 15.0 Å². The van der Waals surface area contributed by atoms with Gasteiger partial charge in [0.25, 0.3) is 0 Å². The van der Waals surface area contributed by atoms with Gasteiger partial charge < -0.3 is 25.3 Å². The summed E-state index contributed by atoms with van der Waals surface area (Å²) in [5.74, 6) is -0.363. The highest BCUT2D eigenvalue weighted by atomic mass is 35.5. The number of aliphatic hydroxyl groups is 3. The first-order chi connectivity index (χ1) is 12.5. The van der Waals surface area contributed by atoms with Crippen molar-refractivity contribution in [1.29, 1.82) is 0 Å². The molecule has 9 heteroatoms. The van der Waals surface area contributed by atoms with E-state index in [1.165, 1.54) is 12.4 Å². The second-order valence-electron chi connectivity index (χ2n) is 5.47. The van der Waals surface area contributed by atoms with E-state index >= 15 is 0 Å². The van der Waals surface area contributed by atoms with Crippen molar-refractivity contribution in [2.45, 2.75) is 19.8 Å². The third-order valence-electron chi connectivity index (χ3n) is 4.12. The van der Waals surface area contributed by atoms with Crippen LogP contribution in [0.4, 0.5) is 0 Å². The van der Waals surface area contributed by atoms with Crippen molar-refractivity contribution >= 4 is 29.0 Å². The quantitative estimate of drug-likeness (QED) is 0.410. The lowest BCUT2D eigenvalue weighted by Gasteiger charge is -2.15. The van der Waals surface area contributed by atoms with Gasteiger partial charge in [-0.05, 0) is 22.3 Å². The third-order valence-corrected chi connectivity index (χ3v) is 4.78. The van der Waals surface area contributed by atoms with Crippen molar-refractivity contribution in [2.24, 2.45) is 0 Å². The van der Waals surface area contributed by atoms with E-state index in [1.807, 2.05) is 0 Å². The Labute approximate surface area is 158 Å². The van der Waals surface area contributed by atoms with Crippen LogP contribution >= 0.6 is 23.2 Å². The van der Waals surface area contributed by atoms with Crippen molar-refractivity contribution in [2.75, 3.05) is 0 Å². The number of carbonyl (C=O) groups excluding carboxylic acids is 1. The molecule has 0 bridgehead atoms. The Bertz CT molecular complexity index is 952. The molecule has 3 aromatic rings. The van der Waals surface area contributed by atoms with Gasteiger partial charge in [0.2, 0.25) is 5.78 Å². The van der Waals surface area contributed by atoms with Crippen molar-refractivity contribution in [3.8, 4) is 11.1 Å². The molecule has 1 aromatic carbocycles. The Kier molecular flexibility index (Phi) is 5.45. The number of carbonyl (C=O) groups is 1. The fourth-order valence-corrected chi connectivity index (χ4v) is 3.52. The number of hydrogen-bond donors (Lipinski definition) is 5. The molecule has 7 nitrogen and oxygen atoms in total. The first-order valence-electron chi connectivity index (χ1n) is 7.61. The summed E-state index contributed by atoms with van der Waals surface area (Å²) in [7, 11) is 0. The van der Waals surface area contributed by atoms with E-state index in [0.717, 1.165) is 0 Å². The van der Waals surface area contributed by atoms with Crippen LogP contribution in [0.15, 0.2) is 24.5 Å². The number of aliphatic hydroxyl groups excluding tert-OH is 3. The van der Waals surface area contributed by atoms with Crippen LogP contribution in [0.5, 0.6) is 0 Å². The molecule has 5 N–H and O–H groups in total. The lowest BCUT2D eigenvalue weighted by atomic mass is 9.93. The summed E-state index contributed by atoms with van der Waals surface area (Å²) in [6, 6.07) is 3.23. The summed E-state index contributed by atoms with van der Waals surface area (Å²) in [4.78, 5) is 21.9. The molecule has 136 valence electrons. The van der Waals surface area contributed by atoms with Crippen molar-refractivity contribution < 1.29 is 20.1 Å². The number of ketones is 1. The average molecular weight is 396 g/mol. The maximum atomic E-state index is 12.5. The van der Waals surface area contributed by atoms with Gasteiger partial charge in [-0.15, -0.1) is 0 Å². The smallest absolute Gasteiger partial charge is 0.245 e. The van der Waals surface area contributed by atoms with E-state index in [2.05, 4.69) is 15.0 Å². The molecule has 0 amide bonds. The summed E-state index contributed by atoms with van der Waals surface area (Å²) in [6.45, 7) is -1.07. The van der Waals surface area contributed by atoms with Gasteiger partial charge in [0.1, 0.15) is 10.8 Å². The highest BCUT2D eigenvalue weighted by Gasteiger charge is 2.26. The predicted octanol–water partition coefficient (Wildman–Crippen LogP) is 2.42. The third kappa shape index (κ3) is 3.04. The van der Waals surface area contributed by atoms with E-state index in [9.17, 15) is 20.1 Å². The van der Waals surface area contributed by atoms with E-state index in [-0.39, 0.29) is 34.9 Å². The molecule has 0 spiro atoms. The van der Waals surface area contributed by atoms with Crippen molar-refractivity contribution in [3.05, 3.63) is 62.9 Å². The molecule has 0 fully saturated rings.